The van der Waals surface area contributed by atoms with Crippen molar-refractivity contribution in [3.8, 4) is 23.3 Å². The minimum atomic E-state index is -0.284. The predicted octanol–water partition coefficient (Wildman–Crippen LogP) is 2.33. The molecule has 4 N–H and O–H groups in total. The van der Waals surface area contributed by atoms with Crippen LogP contribution in [0.2, 0.25) is 0 Å². The Labute approximate surface area is 441 Å². The van der Waals surface area contributed by atoms with E-state index < -0.39 is 0 Å². The number of piperazine rings is 1. The van der Waals surface area contributed by atoms with E-state index in [4.69, 9.17) is 33.7 Å². The SMILES string of the molecule is COc1cc(CN2CCN(c3ccccc3OC)CC2)ccc1OCCCC(=O)N(C)CC(=O)NCCOCCN(CCOCCC#N)CCOCCNC(=O)CN(C)C(=O)CCCC[C@@H]1SC[C@@H]2NC(=O)N[C@@H]21. The van der Waals surface area contributed by atoms with Gasteiger partial charge in [-0.25, -0.2) is 4.79 Å². The van der Waals surface area contributed by atoms with Crippen LogP contribution < -0.4 is 40.4 Å². The topological polar surface area (TPSA) is 229 Å². The van der Waals surface area contributed by atoms with Gasteiger partial charge >= 0.3 is 6.03 Å². The molecule has 21 nitrogen and oxygen atoms in total. The first-order valence-electron chi connectivity index (χ1n) is 25.9. The Morgan fingerprint density at radius 1 is 0.743 bits per heavy atom. The average molecular weight is 1050 g/mol. The van der Waals surface area contributed by atoms with Crippen molar-refractivity contribution in [2.45, 2.75) is 68.8 Å². The number of anilines is 1. The van der Waals surface area contributed by atoms with E-state index >= 15 is 0 Å². The number of benzene rings is 2. The number of nitrogens with zero attached hydrogens (tertiary/aromatic N) is 6. The lowest BCUT2D eigenvalue weighted by Gasteiger charge is -2.36. The van der Waals surface area contributed by atoms with Crippen molar-refractivity contribution in [2.75, 3.05) is 157 Å². The molecule has 0 aromatic heterocycles. The van der Waals surface area contributed by atoms with Crippen molar-refractivity contribution in [3.63, 3.8) is 0 Å². The van der Waals surface area contributed by atoms with Crippen LogP contribution in [0.25, 0.3) is 0 Å². The van der Waals surface area contributed by atoms with Crippen molar-refractivity contribution >= 4 is 47.1 Å². The lowest BCUT2D eigenvalue weighted by atomic mass is 10.0. The van der Waals surface area contributed by atoms with Gasteiger partial charge in [-0.2, -0.15) is 17.0 Å². The summed E-state index contributed by atoms with van der Waals surface area (Å²) in [6, 6.07) is 16.4. The zero-order valence-corrected chi connectivity index (χ0v) is 44.8. The smallest absolute Gasteiger partial charge is 0.315 e. The number of thioether (sulfide) groups is 1. The molecule has 3 fully saturated rings. The highest BCUT2D eigenvalue weighted by atomic mass is 32.2. The van der Waals surface area contributed by atoms with Crippen LogP contribution in [0.15, 0.2) is 42.5 Å². The van der Waals surface area contributed by atoms with Gasteiger partial charge in [0.2, 0.25) is 23.6 Å². The third kappa shape index (κ3) is 21.0. The number of amides is 6. The van der Waals surface area contributed by atoms with Crippen molar-refractivity contribution in [2.24, 2.45) is 0 Å². The molecule has 0 unspecified atom stereocenters. The molecule has 0 spiro atoms. The van der Waals surface area contributed by atoms with Gasteiger partial charge in [0.15, 0.2) is 11.5 Å². The molecule has 0 saturated carbocycles. The van der Waals surface area contributed by atoms with Gasteiger partial charge in [-0.05, 0) is 49.1 Å². The fourth-order valence-corrected chi connectivity index (χ4v) is 10.4. The summed E-state index contributed by atoms with van der Waals surface area (Å²) in [6.07, 6.45) is 3.92. The van der Waals surface area contributed by atoms with Gasteiger partial charge in [-0.15, -0.1) is 0 Å². The summed E-state index contributed by atoms with van der Waals surface area (Å²) in [7, 11) is 6.56. The van der Waals surface area contributed by atoms with Crippen molar-refractivity contribution < 1.29 is 52.4 Å². The minimum Gasteiger partial charge on any atom is -0.495 e. The summed E-state index contributed by atoms with van der Waals surface area (Å²) in [4.78, 5) is 71.9. The number of methoxy groups -OCH3 is 2. The Hall–Kier alpha value is -5.57. The second kappa shape index (κ2) is 33.4. The number of hydrogen-bond donors (Lipinski definition) is 4. The van der Waals surface area contributed by atoms with Gasteiger partial charge in [-0.3, -0.25) is 29.0 Å². The molecule has 0 radical (unpaired) electrons. The number of fused-ring (bicyclic) bond motifs is 1. The summed E-state index contributed by atoms with van der Waals surface area (Å²) in [6.45, 7) is 9.19. The van der Waals surface area contributed by atoms with E-state index in [9.17, 15) is 24.0 Å². The second-order valence-electron chi connectivity index (χ2n) is 18.5. The third-order valence-electron chi connectivity index (χ3n) is 13.1. The zero-order valence-electron chi connectivity index (χ0n) is 43.9. The number of para-hydroxylation sites is 2. The highest BCUT2D eigenvalue weighted by molar-refractivity contribution is 8.00. The van der Waals surface area contributed by atoms with Gasteiger partial charge in [0.1, 0.15) is 5.75 Å². The van der Waals surface area contributed by atoms with E-state index in [-0.39, 0.29) is 74.4 Å². The molecular formula is C52H80N10O11S. The molecule has 3 heterocycles. The normalized spacial score (nSPS) is 17.2. The molecular weight excluding hydrogens is 973 g/mol. The van der Waals surface area contributed by atoms with Crippen LogP contribution in [0.4, 0.5) is 10.5 Å². The van der Waals surface area contributed by atoms with Gasteiger partial charge in [0, 0.05) is 103 Å². The Balaban J connectivity index is 0.868. The first kappa shape index (κ1) is 59.3. The highest BCUT2D eigenvalue weighted by Crippen LogP contribution is 2.34. The molecule has 6 amide bonds. The molecule has 0 aliphatic carbocycles. The summed E-state index contributed by atoms with van der Waals surface area (Å²) in [5.74, 6) is 2.27. The van der Waals surface area contributed by atoms with Gasteiger partial charge in [0.25, 0.3) is 0 Å². The quantitative estimate of drug-likeness (QED) is 0.0567. The number of carbonyl (C=O) groups excluding carboxylic acids is 5. The van der Waals surface area contributed by atoms with Crippen LogP contribution in [-0.4, -0.2) is 219 Å². The van der Waals surface area contributed by atoms with E-state index in [1.54, 1.807) is 28.3 Å². The fourth-order valence-electron chi connectivity index (χ4n) is 8.86. The second-order valence-corrected chi connectivity index (χ2v) is 19.8. The number of nitriles is 1. The van der Waals surface area contributed by atoms with E-state index in [0.29, 0.717) is 102 Å². The van der Waals surface area contributed by atoms with Crippen molar-refractivity contribution in [1.82, 2.24) is 40.9 Å². The number of rotatable bonds is 36. The zero-order chi connectivity index (χ0) is 52.9. The van der Waals surface area contributed by atoms with E-state index in [2.05, 4.69) is 48.1 Å². The molecule has 2 aromatic carbocycles. The molecule has 3 aliphatic heterocycles. The molecule has 410 valence electrons. The maximum atomic E-state index is 12.8. The maximum absolute atomic E-state index is 12.8. The Morgan fingerprint density at radius 3 is 2.00 bits per heavy atom. The standard InChI is InChI=1S/C52H80N10O11S/c1-58(49(65)14-8-7-13-46-51-41(39-74-46)56-52(67)57-51)37-47(63)54-19-30-71-33-26-60(25-32-70-28-10-18-53)27-34-72-31-20-55-48(64)38-59(2)50(66)15-9-29-73-44-17-16-40(35-45(44)69-4)36-61-21-23-62(24-22-61)42-11-5-6-12-43(42)68-3/h5-6,11-12,16-17,35,41,46,51H,7-10,13-15,19-34,36-39H2,1-4H3,(H,54,63)(H,55,64)(H2,56,57,67)/t41-,46-,51-/m0/s1. The first-order valence-corrected chi connectivity index (χ1v) is 26.9. The van der Waals surface area contributed by atoms with Crippen LogP contribution in [0.1, 0.15) is 50.5 Å². The fraction of sp³-hybridized carbons (Fsp3) is 0.654. The first-order chi connectivity index (χ1) is 36.0. The van der Waals surface area contributed by atoms with E-state index in [1.165, 1.54) is 9.80 Å². The lowest BCUT2D eigenvalue weighted by Crippen LogP contribution is -2.46. The van der Waals surface area contributed by atoms with Crippen molar-refractivity contribution in [3.05, 3.63) is 48.0 Å². The van der Waals surface area contributed by atoms with E-state index in [1.807, 2.05) is 48.2 Å². The molecule has 2 aromatic rings. The van der Waals surface area contributed by atoms with Crippen LogP contribution in [-0.2, 0) is 39.9 Å². The third-order valence-corrected chi connectivity index (χ3v) is 14.6. The summed E-state index contributed by atoms with van der Waals surface area (Å²) in [5.41, 5.74) is 2.25. The molecule has 22 heteroatoms. The highest BCUT2D eigenvalue weighted by Gasteiger charge is 2.42. The summed E-state index contributed by atoms with van der Waals surface area (Å²) >= 11 is 1.86. The van der Waals surface area contributed by atoms with Crippen LogP contribution in [0.3, 0.4) is 0 Å². The summed E-state index contributed by atoms with van der Waals surface area (Å²) in [5, 5.41) is 20.7. The van der Waals surface area contributed by atoms with Crippen molar-refractivity contribution in [1.29, 1.82) is 5.26 Å². The molecule has 0 bridgehead atoms. The Kier molecular flexibility index (Phi) is 26.7. The van der Waals surface area contributed by atoms with E-state index in [0.717, 1.165) is 74.7 Å². The number of urea groups is 1. The Morgan fingerprint density at radius 2 is 1.36 bits per heavy atom. The predicted molar refractivity (Wildman–Crippen MR) is 283 cm³/mol. The van der Waals surface area contributed by atoms with Gasteiger partial charge in [0.05, 0.1) is 104 Å². The molecule has 3 atom stereocenters. The number of likely N-dealkylation sites (N-methyl/N-ethyl adjacent to an activating group) is 2. The summed E-state index contributed by atoms with van der Waals surface area (Å²) < 4.78 is 34.4. The Bertz CT molecular complexity index is 2090. The largest absolute Gasteiger partial charge is 0.495 e. The molecule has 3 aliphatic rings. The number of carbonyl (C=O) groups is 5. The number of ether oxygens (including phenoxy) is 6. The molecule has 74 heavy (non-hydrogen) atoms. The van der Waals surface area contributed by atoms with Crippen LogP contribution in [0, 0.1) is 11.3 Å². The number of unbranched alkanes of at least 4 members (excludes halogenated alkanes) is 1. The number of hydrogen-bond acceptors (Lipinski definition) is 16. The van der Waals surface area contributed by atoms with Gasteiger partial charge in [-0.1, -0.05) is 24.6 Å². The monoisotopic (exact) mass is 1050 g/mol. The van der Waals surface area contributed by atoms with Crippen LogP contribution >= 0.6 is 11.8 Å². The number of nitrogens with one attached hydrogen (secondary N) is 4. The lowest BCUT2D eigenvalue weighted by molar-refractivity contribution is -0.135. The van der Waals surface area contributed by atoms with Crippen LogP contribution in [0.5, 0.6) is 17.2 Å². The maximum Gasteiger partial charge on any atom is 0.315 e. The average Bonchev–Trinajstić information content (AvgIpc) is 3.97. The molecule has 5 rings (SSSR count). The molecule has 3 saturated heterocycles. The minimum absolute atomic E-state index is 0.0307. The van der Waals surface area contributed by atoms with Gasteiger partial charge < -0.3 is 64.4 Å².